The van der Waals surface area contributed by atoms with Crippen molar-refractivity contribution >= 4 is 5.91 Å². The number of amides is 1. The molecule has 0 unspecified atom stereocenters. The third kappa shape index (κ3) is 3.72. The van der Waals surface area contributed by atoms with E-state index in [1.165, 1.54) is 12.4 Å². The Kier molecular flexibility index (Phi) is 4.46. The molecule has 0 aliphatic heterocycles. The van der Waals surface area contributed by atoms with E-state index in [0.29, 0.717) is 12.2 Å². The maximum absolute atomic E-state index is 12.3. The van der Waals surface area contributed by atoms with E-state index < -0.39 is 0 Å². The highest BCUT2D eigenvalue weighted by molar-refractivity contribution is 5.78. The van der Waals surface area contributed by atoms with Crippen LogP contribution in [-0.4, -0.2) is 43.0 Å². The van der Waals surface area contributed by atoms with Crippen LogP contribution in [0.25, 0.3) is 5.69 Å². The number of H-pyrrole nitrogens is 1. The van der Waals surface area contributed by atoms with E-state index in [-0.39, 0.29) is 17.9 Å². The molecular formula is C16H16N6O2. The largest absolute Gasteiger partial charge is 0.340 e. The maximum Gasteiger partial charge on any atom is 0.248 e. The summed E-state index contributed by atoms with van der Waals surface area (Å²) in [6.45, 7) is 0.359. The molecule has 1 N–H and O–H groups in total. The fourth-order valence-electron chi connectivity index (χ4n) is 2.28. The highest BCUT2D eigenvalue weighted by Crippen LogP contribution is 2.10. The molecule has 1 aromatic carbocycles. The lowest BCUT2D eigenvalue weighted by molar-refractivity contribution is -0.129. The number of tetrazole rings is 1. The van der Waals surface area contributed by atoms with Crippen LogP contribution in [0, 0.1) is 0 Å². The van der Waals surface area contributed by atoms with Crippen molar-refractivity contribution in [3.05, 3.63) is 70.4 Å². The third-order valence-electron chi connectivity index (χ3n) is 3.57. The summed E-state index contributed by atoms with van der Waals surface area (Å²) in [7, 11) is 1.71. The molecular weight excluding hydrogens is 308 g/mol. The fraction of sp³-hybridized carbons (Fsp3) is 0.188. The molecule has 0 saturated carbocycles. The number of aromatic nitrogens is 5. The van der Waals surface area contributed by atoms with Crippen molar-refractivity contribution in [1.82, 2.24) is 30.1 Å². The lowest BCUT2D eigenvalue weighted by Gasteiger charge is -2.17. The second-order valence-corrected chi connectivity index (χ2v) is 5.39. The van der Waals surface area contributed by atoms with Gasteiger partial charge in [-0.05, 0) is 34.2 Å². The fourth-order valence-corrected chi connectivity index (χ4v) is 2.28. The van der Waals surface area contributed by atoms with Crippen LogP contribution >= 0.6 is 0 Å². The molecule has 3 rings (SSSR count). The van der Waals surface area contributed by atoms with E-state index in [1.54, 1.807) is 28.8 Å². The summed E-state index contributed by atoms with van der Waals surface area (Å²) in [6.07, 6.45) is 1.79. The van der Waals surface area contributed by atoms with Gasteiger partial charge in [0.2, 0.25) is 11.5 Å². The number of nitrogens with one attached hydrogen (secondary N) is 1. The van der Waals surface area contributed by atoms with E-state index in [2.05, 4.69) is 20.5 Å². The zero-order valence-corrected chi connectivity index (χ0v) is 13.1. The van der Waals surface area contributed by atoms with Gasteiger partial charge in [-0.25, -0.2) is 4.68 Å². The van der Waals surface area contributed by atoms with E-state index in [4.69, 9.17) is 0 Å². The van der Waals surface area contributed by atoms with Crippen molar-refractivity contribution in [1.29, 1.82) is 0 Å². The van der Waals surface area contributed by atoms with Crippen LogP contribution in [0.1, 0.15) is 11.3 Å². The van der Waals surface area contributed by atoms with Gasteiger partial charge in [0.1, 0.15) is 6.33 Å². The first-order valence-corrected chi connectivity index (χ1v) is 7.36. The molecule has 0 saturated heterocycles. The van der Waals surface area contributed by atoms with Crippen molar-refractivity contribution in [2.45, 2.75) is 13.0 Å². The molecule has 0 aliphatic rings. The highest BCUT2D eigenvalue weighted by atomic mass is 16.2. The van der Waals surface area contributed by atoms with Gasteiger partial charge >= 0.3 is 0 Å². The smallest absolute Gasteiger partial charge is 0.248 e. The summed E-state index contributed by atoms with van der Waals surface area (Å²) < 4.78 is 1.55. The number of carbonyl (C=O) groups excluding carboxylic acids is 1. The van der Waals surface area contributed by atoms with Crippen LogP contribution in [0.5, 0.6) is 0 Å². The minimum Gasteiger partial charge on any atom is -0.340 e. The predicted octanol–water partition coefficient (Wildman–Crippen LogP) is 0.552. The van der Waals surface area contributed by atoms with Gasteiger partial charge in [-0.3, -0.25) is 9.59 Å². The Hall–Kier alpha value is -3.29. The number of aromatic amines is 1. The number of rotatable bonds is 5. The SMILES string of the molecule is CN(Cc1cccc(=O)[nH]1)C(=O)Cc1ccc(-n2cnnn2)cc1. The van der Waals surface area contributed by atoms with Gasteiger partial charge < -0.3 is 9.88 Å². The van der Waals surface area contributed by atoms with Crippen LogP contribution < -0.4 is 5.56 Å². The normalized spacial score (nSPS) is 10.5. The molecule has 8 nitrogen and oxygen atoms in total. The molecule has 122 valence electrons. The first-order valence-electron chi connectivity index (χ1n) is 7.36. The summed E-state index contributed by atoms with van der Waals surface area (Å²) in [6, 6.07) is 12.3. The number of likely N-dealkylation sites (N-methyl/N-ethyl adjacent to an activating group) is 1. The molecule has 2 heterocycles. The van der Waals surface area contributed by atoms with E-state index in [0.717, 1.165) is 11.3 Å². The average Bonchev–Trinajstić information content (AvgIpc) is 3.10. The van der Waals surface area contributed by atoms with Gasteiger partial charge in [0, 0.05) is 18.8 Å². The summed E-state index contributed by atoms with van der Waals surface area (Å²) in [5.74, 6) is -0.0325. The van der Waals surface area contributed by atoms with Gasteiger partial charge in [-0.2, -0.15) is 0 Å². The zero-order valence-electron chi connectivity index (χ0n) is 13.1. The topological polar surface area (TPSA) is 96.8 Å². The minimum absolute atomic E-state index is 0.0325. The van der Waals surface area contributed by atoms with Crippen molar-refractivity contribution in [2.75, 3.05) is 7.05 Å². The molecule has 0 atom stereocenters. The second-order valence-electron chi connectivity index (χ2n) is 5.39. The average molecular weight is 324 g/mol. The minimum atomic E-state index is -0.175. The Morgan fingerprint density at radius 2 is 2.00 bits per heavy atom. The number of carbonyl (C=O) groups is 1. The molecule has 0 radical (unpaired) electrons. The first-order chi connectivity index (χ1) is 11.6. The Bertz CT molecular complexity index is 870. The maximum atomic E-state index is 12.3. The number of benzene rings is 1. The molecule has 0 spiro atoms. The Labute approximate surface area is 137 Å². The molecule has 1 amide bonds. The van der Waals surface area contributed by atoms with Crippen molar-refractivity contribution in [3.8, 4) is 5.69 Å². The number of hydrogen-bond donors (Lipinski definition) is 1. The monoisotopic (exact) mass is 324 g/mol. The molecule has 0 fully saturated rings. The first kappa shape index (κ1) is 15.6. The molecule has 0 aliphatic carbocycles. The zero-order chi connectivity index (χ0) is 16.9. The van der Waals surface area contributed by atoms with Gasteiger partial charge in [-0.1, -0.05) is 18.2 Å². The lowest BCUT2D eigenvalue weighted by atomic mass is 10.1. The third-order valence-corrected chi connectivity index (χ3v) is 3.57. The molecule has 0 bridgehead atoms. The predicted molar refractivity (Wildman–Crippen MR) is 86.4 cm³/mol. The summed E-state index contributed by atoms with van der Waals surface area (Å²) in [4.78, 5) is 27.9. The second kappa shape index (κ2) is 6.86. The van der Waals surface area contributed by atoms with E-state index in [9.17, 15) is 9.59 Å². The van der Waals surface area contributed by atoms with E-state index >= 15 is 0 Å². The Morgan fingerprint density at radius 1 is 1.21 bits per heavy atom. The summed E-state index contributed by atoms with van der Waals surface area (Å²) >= 11 is 0. The van der Waals surface area contributed by atoms with Gasteiger partial charge in [0.15, 0.2) is 0 Å². The Morgan fingerprint density at radius 3 is 2.67 bits per heavy atom. The highest BCUT2D eigenvalue weighted by Gasteiger charge is 2.11. The van der Waals surface area contributed by atoms with E-state index in [1.807, 2.05) is 24.3 Å². The molecule has 3 aromatic rings. The quantitative estimate of drug-likeness (QED) is 0.739. The number of pyridine rings is 1. The summed E-state index contributed by atoms with van der Waals surface area (Å²) in [5, 5.41) is 11.0. The number of nitrogens with zero attached hydrogens (tertiary/aromatic N) is 5. The van der Waals surface area contributed by atoms with Crippen molar-refractivity contribution in [3.63, 3.8) is 0 Å². The van der Waals surface area contributed by atoms with Gasteiger partial charge in [-0.15, -0.1) is 5.10 Å². The lowest BCUT2D eigenvalue weighted by Crippen LogP contribution is -2.28. The van der Waals surface area contributed by atoms with Crippen LogP contribution in [0.15, 0.2) is 53.6 Å². The standard InChI is InChI=1S/C16H16N6O2/c1-21(10-13-3-2-4-15(23)18-13)16(24)9-12-5-7-14(8-6-12)22-11-17-19-20-22/h2-8,11H,9-10H2,1H3,(H,18,23). The Balaban J connectivity index is 1.62. The van der Waals surface area contributed by atoms with Crippen LogP contribution in [0.4, 0.5) is 0 Å². The molecule has 2 aromatic heterocycles. The molecule has 24 heavy (non-hydrogen) atoms. The van der Waals surface area contributed by atoms with Crippen LogP contribution in [-0.2, 0) is 17.8 Å². The summed E-state index contributed by atoms with van der Waals surface area (Å²) in [5.41, 5.74) is 2.25. The molecule has 8 heteroatoms. The van der Waals surface area contributed by atoms with Gasteiger partial charge in [0.25, 0.3) is 0 Å². The van der Waals surface area contributed by atoms with Crippen LogP contribution in [0.2, 0.25) is 0 Å². The van der Waals surface area contributed by atoms with Gasteiger partial charge in [0.05, 0.1) is 18.7 Å². The van der Waals surface area contributed by atoms with Crippen molar-refractivity contribution < 1.29 is 4.79 Å². The van der Waals surface area contributed by atoms with Crippen LogP contribution in [0.3, 0.4) is 0 Å². The number of hydrogen-bond acceptors (Lipinski definition) is 5. The van der Waals surface area contributed by atoms with Crippen molar-refractivity contribution in [2.24, 2.45) is 0 Å².